The molecule has 0 unspecified atom stereocenters. The van der Waals surface area contributed by atoms with E-state index < -0.39 is 17.7 Å². The van der Waals surface area contributed by atoms with Gasteiger partial charge < -0.3 is 15.5 Å². The van der Waals surface area contributed by atoms with Crippen molar-refractivity contribution in [3.63, 3.8) is 0 Å². The number of nitrogens with two attached hydrogens (primary N) is 1. The first kappa shape index (κ1) is 21.8. The van der Waals surface area contributed by atoms with E-state index in [2.05, 4.69) is 10.2 Å². The van der Waals surface area contributed by atoms with Gasteiger partial charge in [0.1, 0.15) is 6.04 Å². The van der Waals surface area contributed by atoms with Crippen LogP contribution in [-0.2, 0) is 22.7 Å². The van der Waals surface area contributed by atoms with Crippen LogP contribution < -0.4 is 16.8 Å². The van der Waals surface area contributed by atoms with Gasteiger partial charge in [-0.3, -0.25) is 24.0 Å². The Balaban J connectivity index is 1.39. The highest BCUT2D eigenvalue weighted by Crippen LogP contribution is 2.19. The Bertz CT molecular complexity index is 1170. The first-order valence-corrected chi connectivity index (χ1v) is 10.7. The van der Waals surface area contributed by atoms with Gasteiger partial charge in [-0.25, -0.2) is 4.79 Å². The minimum absolute atomic E-state index is 0.0464. The number of fused-ring (bicyclic) bond motifs is 1. The van der Waals surface area contributed by atoms with Crippen LogP contribution in [0.2, 0.25) is 0 Å². The molecule has 0 bridgehead atoms. The zero-order valence-corrected chi connectivity index (χ0v) is 18.0. The molecule has 2 aromatic carbocycles. The van der Waals surface area contributed by atoms with Crippen LogP contribution in [0.15, 0.2) is 57.7 Å². The van der Waals surface area contributed by atoms with Gasteiger partial charge in [0.15, 0.2) is 5.58 Å². The molecule has 32 heavy (non-hydrogen) atoms. The van der Waals surface area contributed by atoms with Gasteiger partial charge >= 0.3 is 5.76 Å². The molecule has 1 aliphatic rings. The molecule has 3 aromatic rings. The summed E-state index contributed by atoms with van der Waals surface area (Å²) in [4.78, 5) is 40.6. The van der Waals surface area contributed by atoms with Crippen molar-refractivity contribution in [3.05, 3.63) is 64.6 Å². The van der Waals surface area contributed by atoms with Crippen LogP contribution in [0.5, 0.6) is 0 Å². The Kier molecular flexibility index (Phi) is 6.38. The van der Waals surface area contributed by atoms with Gasteiger partial charge in [-0.1, -0.05) is 30.3 Å². The molecule has 1 saturated heterocycles. The molecule has 2 heterocycles. The molecule has 2 amide bonds. The molecule has 1 aliphatic heterocycles. The first-order chi connectivity index (χ1) is 15.4. The highest BCUT2D eigenvalue weighted by molar-refractivity contribution is 5.94. The average molecular weight is 438 g/mol. The Morgan fingerprint density at radius 2 is 1.94 bits per heavy atom. The van der Waals surface area contributed by atoms with Crippen LogP contribution in [0.4, 0.5) is 5.69 Å². The van der Waals surface area contributed by atoms with Crippen molar-refractivity contribution < 1.29 is 14.0 Å². The summed E-state index contributed by atoms with van der Waals surface area (Å²) in [7, 11) is 0. The predicted octanol–water partition coefficient (Wildman–Crippen LogP) is 1.22. The fourth-order valence-electron chi connectivity index (χ4n) is 4.15. The second-order valence-electron chi connectivity index (χ2n) is 7.95. The zero-order valence-electron chi connectivity index (χ0n) is 18.0. The topological polar surface area (TPSA) is 114 Å². The highest BCUT2D eigenvalue weighted by Gasteiger charge is 2.32. The number of piperazine rings is 1. The van der Waals surface area contributed by atoms with E-state index in [9.17, 15) is 14.4 Å². The van der Waals surface area contributed by atoms with Crippen molar-refractivity contribution in [1.82, 2.24) is 14.4 Å². The number of hydrogen-bond donors (Lipinski definition) is 2. The van der Waals surface area contributed by atoms with Gasteiger partial charge in [-0.2, -0.15) is 0 Å². The lowest BCUT2D eigenvalue weighted by molar-refractivity contribution is -0.127. The van der Waals surface area contributed by atoms with Crippen molar-refractivity contribution in [1.29, 1.82) is 0 Å². The fraction of sp³-hybridized carbons (Fsp3) is 0.348. The average Bonchev–Trinajstić information content (AvgIpc) is 3.09. The Morgan fingerprint density at radius 1 is 1.16 bits per heavy atom. The van der Waals surface area contributed by atoms with Crippen LogP contribution in [-0.4, -0.2) is 58.4 Å². The summed E-state index contributed by atoms with van der Waals surface area (Å²) in [6.07, 6.45) is 0. The lowest BCUT2D eigenvalue weighted by atomic mass is 10.1. The molecular formula is C23H27N5O4. The van der Waals surface area contributed by atoms with Gasteiger partial charge in [0, 0.05) is 44.5 Å². The van der Waals surface area contributed by atoms with Crippen LogP contribution in [0.3, 0.4) is 0 Å². The summed E-state index contributed by atoms with van der Waals surface area (Å²) >= 11 is 0. The summed E-state index contributed by atoms with van der Waals surface area (Å²) in [6, 6.07) is 14.6. The second-order valence-corrected chi connectivity index (χ2v) is 7.95. The number of oxazole rings is 1. The number of aromatic nitrogens is 1. The lowest BCUT2D eigenvalue weighted by Crippen LogP contribution is -2.59. The second kappa shape index (κ2) is 9.37. The third kappa shape index (κ3) is 4.74. The van der Waals surface area contributed by atoms with Gasteiger partial charge in [-0.05, 0) is 24.6 Å². The monoisotopic (exact) mass is 437 g/mol. The summed E-state index contributed by atoms with van der Waals surface area (Å²) in [5, 5.41) is 2.82. The molecule has 3 N–H and O–H groups in total. The molecule has 9 heteroatoms. The van der Waals surface area contributed by atoms with Gasteiger partial charge in [0.25, 0.3) is 0 Å². The van der Waals surface area contributed by atoms with Gasteiger partial charge in [0.2, 0.25) is 11.8 Å². The maximum Gasteiger partial charge on any atom is 0.419 e. The number of nitrogens with zero attached hydrogens (tertiary/aromatic N) is 3. The number of anilines is 1. The molecule has 1 fully saturated rings. The Labute approximate surface area is 185 Å². The van der Waals surface area contributed by atoms with Crippen molar-refractivity contribution in [2.24, 2.45) is 5.73 Å². The molecule has 1 atom stereocenters. The summed E-state index contributed by atoms with van der Waals surface area (Å²) in [5.41, 5.74) is 8.44. The third-order valence-electron chi connectivity index (χ3n) is 5.77. The van der Waals surface area contributed by atoms with Crippen LogP contribution in [0.1, 0.15) is 12.5 Å². The molecule has 168 valence electrons. The van der Waals surface area contributed by atoms with E-state index in [0.717, 1.165) is 13.1 Å². The number of carbonyl (C=O) groups excluding carboxylic acids is 2. The number of amides is 2. The Hall–Kier alpha value is -3.43. The highest BCUT2D eigenvalue weighted by atomic mass is 16.4. The molecule has 0 saturated carbocycles. The lowest BCUT2D eigenvalue weighted by Gasteiger charge is -2.39. The number of primary amides is 1. The maximum atomic E-state index is 12.7. The number of benzene rings is 2. The SMILES string of the molecule is CCn1c(=O)oc2cc(NC(=O)CN3CCN(Cc4ccccc4)C[C@@H]3C(N)=O)ccc21. The minimum Gasteiger partial charge on any atom is -0.408 e. The largest absolute Gasteiger partial charge is 0.419 e. The molecule has 0 radical (unpaired) electrons. The standard InChI is InChI=1S/C23H27N5O4/c1-2-28-18-9-8-17(12-20(18)32-23(28)31)25-21(29)15-27-11-10-26(14-19(27)22(24)30)13-16-6-4-3-5-7-16/h3-9,12,19H,2,10-11,13-15H2,1H3,(H2,24,30)(H,25,29)/t19-/m1/s1. The predicted molar refractivity (Wildman–Crippen MR) is 121 cm³/mol. The number of rotatable bonds is 7. The van der Waals surface area contributed by atoms with E-state index in [0.29, 0.717) is 36.4 Å². The van der Waals surface area contributed by atoms with Crippen molar-refractivity contribution >= 4 is 28.6 Å². The first-order valence-electron chi connectivity index (χ1n) is 10.7. The zero-order chi connectivity index (χ0) is 22.7. The summed E-state index contributed by atoms with van der Waals surface area (Å²) in [5.74, 6) is -1.13. The quantitative estimate of drug-likeness (QED) is 0.575. The number of nitrogens with one attached hydrogen (secondary N) is 1. The van der Waals surface area contributed by atoms with Gasteiger partial charge in [0.05, 0.1) is 12.1 Å². The van der Waals surface area contributed by atoms with E-state index in [1.165, 1.54) is 10.1 Å². The summed E-state index contributed by atoms with van der Waals surface area (Å²) < 4.78 is 6.77. The summed E-state index contributed by atoms with van der Waals surface area (Å²) in [6.45, 7) is 4.90. The smallest absolute Gasteiger partial charge is 0.408 e. The third-order valence-corrected chi connectivity index (χ3v) is 5.77. The van der Waals surface area contributed by atoms with E-state index in [-0.39, 0.29) is 12.5 Å². The van der Waals surface area contributed by atoms with Crippen molar-refractivity contribution in [2.75, 3.05) is 31.5 Å². The van der Waals surface area contributed by atoms with Crippen LogP contribution in [0.25, 0.3) is 11.1 Å². The number of hydrogen-bond acceptors (Lipinski definition) is 6. The van der Waals surface area contributed by atoms with Crippen LogP contribution >= 0.6 is 0 Å². The van der Waals surface area contributed by atoms with E-state index in [1.807, 2.05) is 42.2 Å². The van der Waals surface area contributed by atoms with E-state index >= 15 is 0 Å². The number of carbonyl (C=O) groups is 2. The number of aryl methyl sites for hydroxylation is 1. The molecule has 0 spiro atoms. The van der Waals surface area contributed by atoms with E-state index in [4.69, 9.17) is 10.2 Å². The molecular weight excluding hydrogens is 410 g/mol. The fourth-order valence-corrected chi connectivity index (χ4v) is 4.15. The van der Waals surface area contributed by atoms with Crippen LogP contribution in [0, 0.1) is 0 Å². The van der Waals surface area contributed by atoms with Crippen molar-refractivity contribution in [2.45, 2.75) is 26.1 Å². The minimum atomic E-state index is -0.544. The molecule has 9 nitrogen and oxygen atoms in total. The van der Waals surface area contributed by atoms with Crippen molar-refractivity contribution in [3.8, 4) is 0 Å². The normalized spacial score (nSPS) is 17.5. The Morgan fingerprint density at radius 3 is 2.66 bits per heavy atom. The molecule has 1 aromatic heterocycles. The van der Waals surface area contributed by atoms with Gasteiger partial charge in [-0.15, -0.1) is 0 Å². The molecule has 4 rings (SSSR count). The van der Waals surface area contributed by atoms with E-state index in [1.54, 1.807) is 18.2 Å². The molecule has 0 aliphatic carbocycles. The maximum absolute atomic E-state index is 12.7.